The summed E-state index contributed by atoms with van der Waals surface area (Å²) in [4.78, 5) is 9.82. The van der Waals surface area contributed by atoms with Crippen LogP contribution in [0.1, 0.15) is 26.3 Å². The summed E-state index contributed by atoms with van der Waals surface area (Å²) >= 11 is 0. The number of hydrogen-bond donors (Lipinski definition) is 2. The fourth-order valence-electron chi connectivity index (χ4n) is 1.01. The Kier molecular flexibility index (Phi) is 5.01. The van der Waals surface area contributed by atoms with Crippen molar-refractivity contribution in [3.8, 4) is 0 Å². The number of hydrogen-bond acceptors (Lipinski definition) is 4. The maximum atomic E-state index is 10.3. The fraction of sp³-hybridized carbons (Fsp3) is 0.300. The van der Waals surface area contributed by atoms with E-state index in [4.69, 9.17) is 11.1 Å². The van der Waals surface area contributed by atoms with Crippen LogP contribution in [0.15, 0.2) is 18.2 Å². The molecule has 0 aliphatic rings. The van der Waals surface area contributed by atoms with E-state index >= 15 is 0 Å². The summed E-state index contributed by atoms with van der Waals surface area (Å²) in [5.74, 6) is 0. The van der Waals surface area contributed by atoms with Gasteiger partial charge in [0.15, 0.2) is 0 Å². The molecule has 0 spiro atoms. The minimum absolute atomic E-state index is 0.0532. The Morgan fingerprint density at radius 2 is 2.00 bits per heavy atom. The zero-order valence-electron chi connectivity index (χ0n) is 9.07. The molecule has 3 N–H and O–H groups in total. The van der Waals surface area contributed by atoms with Crippen molar-refractivity contribution < 1.29 is 4.92 Å². The highest BCUT2D eigenvalue weighted by molar-refractivity contribution is 6.01. The van der Waals surface area contributed by atoms with Crippen molar-refractivity contribution in [3.05, 3.63) is 33.9 Å². The van der Waals surface area contributed by atoms with Crippen molar-refractivity contribution in [2.75, 3.05) is 5.73 Å². The number of nitro benzene ring substituents is 1. The normalized spacial score (nSPS) is 8.73. The Morgan fingerprint density at radius 3 is 2.33 bits per heavy atom. The van der Waals surface area contributed by atoms with Crippen LogP contribution in [0.4, 0.5) is 11.4 Å². The van der Waals surface area contributed by atoms with Gasteiger partial charge < -0.3 is 11.1 Å². The van der Waals surface area contributed by atoms with E-state index in [1.807, 2.05) is 13.8 Å². The van der Waals surface area contributed by atoms with E-state index < -0.39 is 4.92 Å². The first kappa shape index (κ1) is 13.1. The summed E-state index contributed by atoms with van der Waals surface area (Å²) in [5.41, 5.74) is 6.56. The Morgan fingerprint density at radius 1 is 1.47 bits per heavy atom. The van der Waals surface area contributed by atoms with Crippen molar-refractivity contribution >= 4 is 17.1 Å². The highest BCUT2D eigenvalue weighted by Gasteiger charge is 2.08. The molecule has 1 aromatic carbocycles. The molecule has 0 saturated heterocycles. The van der Waals surface area contributed by atoms with Crippen LogP contribution >= 0.6 is 0 Å². The van der Waals surface area contributed by atoms with E-state index in [2.05, 4.69) is 0 Å². The summed E-state index contributed by atoms with van der Waals surface area (Å²) in [6.07, 6.45) is 0. The number of rotatable bonds is 2. The second-order valence-electron chi connectivity index (χ2n) is 2.65. The van der Waals surface area contributed by atoms with Gasteiger partial charge in [0, 0.05) is 29.1 Å². The lowest BCUT2D eigenvalue weighted by atomic mass is 10.1. The Labute approximate surface area is 88.6 Å². The molecule has 0 aliphatic carbocycles. The Balaban J connectivity index is 0.000000921. The van der Waals surface area contributed by atoms with Gasteiger partial charge in [0.2, 0.25) is 0 Å². The molecule has 0 saturated carbocycles. The number of benzene rings is 1. The zero-order valence-corrected chi connectivity index (χ0v) is 9.07. The van der Waals surface area contributed by atoms with Gasteiger partial charge in [-0.05, 0) is 13.0 Å². The summed E-state index contributed by atoms with van der Waals surface area (Å²) in [7, 11) is 0. The molecule has 0 amide bonds. The van der Waals surface area contributed by atoms with Crippen LogP contribution < -0.4 is 5.73 Å². The third-order valence-electron chi connectivity index (χ3n) is 1.65. The van der Waals surface area contributed by atoms with Gasteiger partial charge in [0.05, 0.1) is 4.92 Å². The average molecular weight is 209 g/mol. The third kappa shape index (κ3) is 3.38. The van der Waals surface area contributed by atoms with E-state index in [1.165, 1.54) is 18.2 Å². The molecule has 0 unspecified atom stereocenters. The fourth-order valence-corrected chi connectivity index (χ4v) is 1.01. The monoisotopic (exact) mass is 209 g/mol. The van der Waals surface area contributed by atoms with E-state index in [0.29, 0.717) is 11.3 Å². The van der Waals surface area contributed by atoms with E-state index in [1.54, 1.807) is 6.92 Å². The molecule has 1 aromatic rings. The molecule has 82 valence electrons. The minimum atomic E-state index is -0.514. The van der Waals surface area contributed by atoms with Crippen molar-refractivity contribution in [3.63, 3.8) is 0 Å². The van der Waals surface area contributed by atoms with Crippen LogP contribution in [0.3, 0.4) is 0 Å². The van der Waals surface area contributed by atoms with Gasteiger partial charge in [-0.1, -0.05) is 13.8 Å². The number of nitrogen functional groups attached to an aromatic ring is 1. The lowest BCUT2D eigenvalue weighted by Crippen LogP contribution is -2.00. The van der Waals surface area contributed by atoms with Crippen LogP contribution in [-0.2, 0) is 0 Å². The van der Waals surface area contributed by atoms with Crippen LogP contribution in [0.5, 0.6) is 0 Å². The predicted octanol–water partition coefficient (Wildman–Crippen LogP) is 2.59. The summed E-state index contributed by atoms with van der Waals surface area (Å²) < 4.78 is 0. The van der Waals surface area contributed by atoms with Gasteiger partial charge in [-0.25, -0.2) is 0 Å². The first-order valence-corrected chi connectivity index (χ1v) is 4.62. The van der Waals surface area contributed by atoms with Gasteiger partial charge in [0.25, 0.3) is 5.69 Å². The van der Waals surface area contributed by atoms with E-state index in [-0.39, 0.29) is 11.4 Å². The molecule has 15 heavy (non-hydrogen) atoms. The van der Waals surface area contributed by atoms with Gasteiger partial charge in [-0.2, -0.15) is 0 Å². The molecule has 1 rings (SSSR count). The smallest absolute Gasteiger partial charge is 0.271 e. The first-order chi connectivity index (χ1) is 7.02. The average Bonchev–Trinajstić information content (AvgIpc) is 2.20. The van der Waals surface area contributed by atoms with Crippen LogP contribution in [0.2, 0.25) is 0 Å². The maximum Gasteiger partial charge on any atom is 0.271 e. The number of non-ortho nitro benzene ring substituents is 1. The molecule has 5 nitrogen and oxygen atoms in total. The Bertz CT molecular complexity index is 375. The molecule has 0 aliphatic heterocycles. The van der Waals surface area contributed by atoms with Crippen molar-refractivity contribution in [2.45, 2.75) is 20.8 Å². The first-order valence-electron chi connectivity index (χ1n) is 4.62. The highest BCUT2D eigenvalue weighted by atomic mass is 16.6. The molecule has 0 radical (unpaired) electrons. The number of nitrogens with zero attached hydrogens (tertiary/aromatic N) is 1. The number of nitrogens with two attached hydrogens (primary N) is 1. The lowest BCUT2D eigenvalue weighted by molar-refractivity contribution is -0.384. The van der Waals surface area contributed by atoms with Crippen molar-refractivity contribution in [1.29, 1.82) is 5.41 Å². The Hall–Kier alpha value is -1.91. The second kappa shape index (κ2) is 5.74. The SMILES string of the molecule is CC.CC(=N)c1ccc([N+](=O)[O-])cc1N. The van der Waals surface area contributed by atoms with Gasteiger partial charge >= 0.3 is 0 Å². The number of nitrogens with one attached hydrogen (secondary N) is 1. The molecule has 5 heteroatoms. The predicted molar refractivity (Wildman–Crippen MR) is 61.4 cm³/mol. The van der Waals surface area contributed by atoms with Crippen molar-refractivity contribution in [2.24, 2.45) is 0 Å². The standard InChI is InChI=1S/C8H9N3O2.C2H6/c1-5(9)7-3-2-6(11(12)13)4-8(7)10;1-2/h2-4,9H,10H2,1H3;1-2H3. The summed E-state index contributed by atoms with van der Waals surface area (Å²) in [6.45, 7) is 5.58. The van der Waals surface area contributed by atoms with E-state index in [0.717, 1.165) is 0 Å². The number of nitro groups is 1. The van der Waals surface area contributed by atoms with Gasteiger partial charge in [-0.15, -0.1) is 0 Å². The van der Waals surface area contributed by atoms with Gasteiger partial charge in [0.1, 0.15) is 0 Å². The van der Waals surface area contributed by atoms with Crippen molar-refractivity contribution in [1.82, 2.24) is 0 Å². The van der Waals surface area contributed by atoms with Crippen LogP contribution in [-0.4, -0.2) is 10.6 Å². The maximum absolute atomic E-state index is 10.3. The van der Waals surface area contributed by atoms with Crippen LogP contribution in [0.25, 0.3) is 0 Å². The molecule has 0 heterocycles. The highest BCUT2D eigenvalue weighted by Crippen LogP contribution is 2.19. The molecule has 0 atom stereocenters. The molecule has 0 bridgehead atoms. The molecule has 0 aromatic heterocycles. The third-order valence-corrected chi connectivity index (χ3v) is 1.65. The molecular formula is C10H15N3O2. The lowest BCUT2D eigenvalue weighted by Gasteiger charge is -2.01. The number of anilines is 1. The zero-order chi connectivity index (χ0) is 12.0. The van der Waals surface area contributed by atoms with Crippen LogP contribution in [0, 0.1) is 15.5 Å². The second-order valence-corrected chi connectivity index (χ2v) is 2.65. The topological polar surface area (TPSA) is 93.0 Å². The molecule has 0 fully saturated rings. The quantitative estimate of drug-likeness (QED) is 0.339. The molecular weight excluding hydrogens is 194 g/mol. The van der Waals surface area contributed by atoms with Gasteiger partial charge in [-0.3, -0.25) is 10.1 Å². The minimum Gasteiger partial charge on any atom is -0.398 e. The largest absolute Gasteiger partial charge is 0.398 e. The van der Waals surface area contributed by atoms with E-state index in [9.17, 15) is 10.1 Å². The summed E-state index contributed by atoms with van der Waals surface area (Å²) in [5, 5.41) is 17.6. The summed E-state index contributed by atoms with van der Waals surface area (Å²) in [6, 6.07) is 4.08.